The highest BCUT2D eigenvalue weighted by molar-refractivity contribution is 7.03. The van der Waals surface area contributed by atoms with E-state index >= 15 is 0 Å². The number of carbonyl (C=O) groups excluding carboxylic acids is 1. The Bertz CT molecular complexity index is 1500. The summed E-state index contributed by atoms with van der Waals surface area (Å²) in [6, 6.07) is 19.1. The van der Waals surface area contributed by atoms with Gasteiger partial charge in [-0.1, -0.05) is 36.4 Å². The maximum atomic E-state index is 12.5. The lowest BCUT2D eigenvalue weighted by atomic mass is 9.99. The fourth-order valence-corrected chi connectivity index (χ4v) is 4.49. The van der Waals surface area contributed by atoms with Crippen molar-refractivity contribution in [3.63, 3.8) is 0 Å². The van der Waals surface area contributed by atoms with E-state index in [4.69, 9.17) is 4.99 Å². The fourth-order valence-electron chi connectivity index (χ4n) is 3.95. The molecule has 7 heteroatoms. The van der Waals surface area contributed by atoms with Gasteiger partial charge in [-0.15, -0.1) is 0 Å². The molecule has 0 spiro atoms. The number of hydrogen-bond acceptors (Lipinski definition) is 6. The van der Waals surface area contributed by atoms with Gasteiger partial charge in [-0.3, -0.25) is 14.3 Å². The fraction of sp³-hybridized carbons (Fsp3) is 0.0769. The summed E-state index contributed by atoms with van der Waals surface area (Å²) < 4.78 is 5.53. The summed E-state index contributed by atoms with van der Waals surface area (Å²) in [4.78, 5) is 21.7. The van der Waals surface area contributed by atoms with Crippen molar-refractivity contribution < 1.29 is 9.90 Å². The van der Waals surface area contributed by atoms with E-state index in [-0.39, 0.29) is 11.8 Å². The van der Waals surface area contributed by atoms with Crippen LogP contribution >= 0.6 is 11.5 Å². The Morgan fingerprint density at radius 1 is 1.06 bits per heavy atom. The van der Waals surface area contributed by atoms with E-state index in [1.807, 2.05) is 73.0 Å². The number of rotatable bonds is 4. The molecule has 0 atom stereocenters. The Morgan fingerprint density at radius 3 is 2.58 bits per heavy atom. The molecule has 33 heavy (non-hydrogen) atoms. The molecule has 0 unspecified atom stereocenters. The number of pyridine rings is 1. The van der Waals surface area contributed by atoms with E-state index in [0.717, 1.165) is 27.8 Å². The van der Waals surface area contributed by atoms with Crippen molar-refractivity contribution in [3.05, 3.63) is 95.3 Å². The number of fused-ring (bicyclic) bond motifs is 1. The predicted octanol–water partition coefficient (Wildman–Crippen LogP) is 6.00. The van der Waals surface area contributed by atoms with Crippen molar-refractivity contribution in [1.29, 1.82) is 0 Å². The quantitative estimate of drug-likeness (QED) is 0.339. The SMILES string of the molecule is CC(=O)n1c(O)c(C(=Nc2ccnc(C)c2)c2ccccc2)c2cc(-c3cnsc3)ccc21. The minimum Gasteiger partial charge on any atom is -0.494 e. The number of aromatic nitrogens is 3. The van der Waals surface area contributed by atoms with Crippen LogP contribution in [-0.2, 0) is 0 Å². The van der Waals surface area contributed by atoms with Crippen molar-refractivity contribution in [3.8, 4) is 17.0 Å². The summed E-state index contributed by atoms with van der Waals surface area (Å²) in [5, 5.41) is 14.0. The normalized spacial score (nSPS) is 11.8. The van der Waals surface area contributed by atoms with Gasteiger partial charge in [0.15, 0.2) is 0 Å². The third kappa shape index (κ3) is 3.83. The van der Waals surface area contributed by atoms with E-state index in [9.17, 15) is 9.90 Å². The van der Waals surface area contributed by atoms with Crippen LogP contribution in [0.4, 0.5) is 5.69 Å². The minimum atomic E-state index is -0.277. The molecule has 2 aromatic carbocycles. The molecular weight excluding hydrogens is 432 g/mol. The molecule has 5 aromatic rings. The van der Waals surface area contributed by atoms with Crippen LogP contribution in [0.25, 0.3) is 22.0 Å². The molecule has 0 saturated carbocycles. The van der Waals surface area contributed by atoms with E-state index in [1.165, 1.54) is 23.0 Å². The van der Waals surface area contributed by atoms with Gasteiger partial charge >= 0.3 is 0 Å². The van der Waals surface area contributed by atoms with E-state index < -0.39 is 0 Å². The van der Waals surface area contributed by atoms with Gasteiger partial charge < -0.3 is 5.11 Å². The Kier molecular flexibility index (Phi) is 5.32. The summed E-state index contributed by atoms with van der Waals surface area (Å²) >= 11 is 1.38. The van der Waals surface area contributed by atoms with E-state index in [1.54, 1.807) is 12.4 Å². The largest absolute Gasteiger partial charge is 0.494 e. The molecule has 3 heterocycles. The zero-order valence-corrected chi connectivity index (χ0v) is 18.9. The van der Waals surface area contributed by atoms with Gasteiger partial charge in [0, 0.05) is 46.9 Å². The maximum Gasteiger partial charge on any atom is 0.230 e. The van der Waals surface area contributed by atoms with E-state index in [2.05, 4.69) is 9.36 Å². The topological polar surface area (TPSA) is 80.4 Å². The molecule has 162 valence electrons. The van der Waals surface area contributed by atoms with Gasteiger partial charge in [0.2, 0.25) is 11.8 Å². The monoisotopic (exact) mass is 452 g/mol. The Morgan fingerprint density at radius 2 is 1.88 bits per heavy atom. The number of hydrogen-bond donors (Lipinski definition) is 1. The van der Waals surface area contributed by atoms with Crippen molar-refractivity contribution in [2.24, 2.45) is 4.99 Å². The number of benzene rings is 2. The number of carbonyl (C=O) groups is 1. The van der Waals surface area contributed by atoms with Gasteiger partial charge in [0.25, 0.3) is 0 Å². The van der Waals surface area contributed by atoms with Gasteiger partial charge in [-0.25, -0.2) is 9.37 Å². The van der Waals surface area contributed by atoms with Gasteiger partial charge in [0.05, 0.1) is 22.5 Å². The first-order valence-corrected chi connectivity index (χ1v) is 11.2. The van der Waals surface area contributed by atoms with E-state index in [0.29, 0.717) is 22.5 Å². The zero-order valence-electron chi connectivity index (χ0n) is 18.1. The Balaban J connectivity index is 1.85. The summed E-state index contributed by atoms with van der Waals surface area (Å²) in [6.07, 6.45) is 3.51. The molecule has 6 nitrogen and oxygen atoms in total. The highest BCUT2D eigenvalue weighted by Crippen LogP contribution is 2.37. The van der Waals surface area contributed by atoms with Crippen LogP contribution < -0.4 is 0 Å². The first-order valence-electron chi connectivity index (χ1n) is 10.4. The zero-order chi connectivity index (χ0) is 22.9. The number of nitrogens with zero attached hydrogens (tertiary/aromatic N) is 4. The molecule has 0 aliphatic heterocycles. The van der Waals surface area contributed by atoms with Gasteiger partial charge in [-0.2, -0.15) is 0 Å². The van der Waals surface area contributed by atoms with Crippen LogP contribution in [0.1, 0.15) is 28.5 Å². The van der Waals surface area contributed by atoms with Gasteiger partial charge in [0.1, 0.15) is 0 Å². The molecule has 0 radical (unpaired) electrons. The maximum absolute atomic E-state index is 12.5. The molecule has 1 N–H and O–H groups in total. The van der Waals surface area contributed by atoms with Crippen molar-refractivity contribution in [2.75, 3.05) is 0 Å². The van der Waals surface area contributed by atoms with Crippen molar-refractivity contribution in [2.45, 2.75) is 13.8 Å². The average molecular weight is 453 g/mol. The standard InChI is InChI=1S/C26H20N4O2S/c1-16-12-21(10-11-27-16)29-25(18-6-4-3-5-7-18)24-22-13-19(20-14-28-33-15-20)8-9-23(22)30(17(2)31)26(24)32/h3-15,32H,1-2H3. The molecule has 0 fully saturated rings. The Labute approximate surface area is 194 Å². The van der Waals surface area contributed by atoms with Crippen LogP contribution in [0.5, 0.6) is 5.88 Å². The lowest BCUT2D eigenvalue weighted by Gasteiger charge is -2.09. The number of aryl methyl sites for hydroxylation is 1. The minimum absolute atomic E-state index is 0.133. The molecule has 5 rings (SSSR count). The first-order chi connectivity index (χ1) is 16.0. The second-order valence-electron chi connectivity index (χ2n) is 7.68. The second-order valence-corrected chi connectivity index (χ2v) is 8.34. The lowest BCUT2D eigenvalue weighted by molar-refractivity contribution is 0.0933. The highest BCUT2D eigenvalue weighted by Gasteiger charge is 2.24. The molecular formula is C26H20N4O2S. The van der Waals surface area contributed by atoms with Gasteiger partial charge in [-0.05, 0) is 48.3 Å². The lowest BCUT2D eigenvalue weighted by Crippen LogP contribution is -2.06. The molecule has 0 aliphatic carbocycles. The van der Waals surface area contributed by atoms with Crippen molar-refractivity contribution >= 4 is 39.7 Å². The first kappa shape index (κ1) is 20.8. The molecule has 0 aliphatic rings. The summed E-state index contributed by atoms with van der Waals surface area (Å²) in [6.45, 7) is 3.34. The summed E-state index contributed by atoms with van der Waals surface area (Å²) in [7, 11) is 0. The third-order valence-electron chi connectivity index (χ3n) is 5.43. The Hall–Kier alpha value is -4.10. The highest BCUT2D eigenvalue weighted by atomic mass is 32.1. The van der Waals surface area contributed by atoms with Crippen LogP contribution in [-0.4, -0.2) is 30.7 Å². The number of aliphatic imine (C=N–C) groups is 1. The van der Waals surface area contributed by atoms with Crippen LogP contribution in [0.15, 0.2) is 83.4 Å². The average Bonchev–Trinajstić information content (AvgIpc) is 3.44. The summed E-state index contributed by atoms with van der Waals surface area (Å²) in [5.41, 5.74) is 6.00. The van der Waals surface area contributed by atoms with Crippen LogP contribution in [0.2, 0.25) is 0 Å². The molecule has 0 saturated heterocycles. The van der Waals surface area contributed by atoms with Crippen LogP contribution in [0.3, 0.4) is 0 Å². The smallest absolute Gasteiger partial charge is 0.230 e. The third-order valence-corrected chi connectivity index (χ3v) is 6.01. The van der Waals surface area contributed by atoms with Crippen LogP contribution in [0, 0.1) is 6.92 Å². The molecule has 0 bridgehead atoms. The van der Waals surface area contributed by atoms with Crippen molar-refractivity contribution in [1.82, 2.24) is 13.9 Å². The molecule has 0 amide bonds. The molecule has 3 aromatic heterocycles. The number of aromatic hydroxyl groups is 1. The second kappa shape index (κ2) is 8.44. The predicted molar refractivity (Wildman–Crippen MR) is 132 cm³/mol. The summed E-state index contributed by atoms with van der Waals surface area (Å²) in [5.74, 6) is -0.410.